The van der Waals surface area contributed by atoms with Crippen molar-refractivity contribution < 1.29 is 34.7 Å². The third-order valence-electron chi connectivity index (χ3n) is 3.54. The Morgan fingerprint density at radius 1 is 1.08 bits per heavy atom. The van der Waals surface area contributed by atoms with Crippen LogP contribution < -0.4 is 0 Å². The summed E-state index contributed by atoms with van der Waals surface area (Å²) >= 11 is 0. The Bertz CT molecular complexity index is 799. The second-order valence-corrected chi connectivity index (χ2v) is 10.8. The minimum Gasteiger partial charge on any atom is -0.381 e. The van der Waals surface area contributed by atoms with Gasteiger partial charge in [-0.2, -0.15) is 25.9 Å². The van der Waals surface area contributed by atoms with E-state index in [0.717, 1.165) is 16.4 Å². The minimum absolute atomic E-state index is 0.0469. The van der Waals surface area contributed by atoms with Crippen LogP contribution in [0.1, 0.15) is 18.4 Å². The highest BCUT2D eigenvalue weighted by atomic mass is 36.0. The molecule has 1 fully saturated rings. The molecule has 0 amide bonds. The van der Waals surface area contributed by atoms with Gasteiger partial charge in [-0.15, -0.1) is 0 Å². The number of methoxy groups -OCH3 is 1. The summed E-state index contributed by atoms with van der Waals surface area (Å²) in [6, 6.07) is 4.26. The van der Waals surface area contributed by atoms with Crippen LogP contribution in [0.4, 0.5) is 13.2 Å². The SMILES string of the molecule is COC1CCN(S(=O)(=O)c2ccccc2C(F)(F)F)CC1.O=S(=O)(Cl)Cl. The molecule has 0 unspecified atom stereocenters. The molecule has 0 N–H and O–H groups in total. The minimum atomic E-state index is -4.70. The summed E-state index contributed by atoms with van der Waals surface area (Å²) in [6.07, 6.45) is -3.79. The van der Waals surface area contributed by atoms with Crippen molar-refractivity contribution in [3.8, 4) is 0 Å². The first-order valence-electron chi connectivity index (χ1n) is 7.10. The van der Waals surface area contributed by atoms with Gasteiger partial charge in [0.2, 0.25) is 10.0 Å². The van der Waals surface area contributed by atoms with Crippen molar-refractivity contribution in [3.63, 3.8) is 0 Å². The fourth-order valence-corrected chi connectivity index (χ4v) is 4.05. The van der Waals surface area contributed by atoms with E-state index in [1.807, 2.05) is 0 Å². The Kier molecular flexibility index (Phi) is 8.18. The van der Waals surface area contributed by atoms with Gasteiger partial charge in [-0.3, -0.25) is 0 Å². The number of alkyl halides is 3. The molecule has 0 bridgehead atoms. The second kappa shape index (κ2) is 9.07. The van der Waals surface area contributed by atoms with Gasteiger partial charge < -0.3 is 4.74 Å². The maximum absolute atomic E-state index is 13.0. The normalized spacial score (nSPS) is 17.5. The number of halogens is 5. The van der Waals surface area contributed by atoms with Crippen molar-refractivity contribution in [2.45, 2.75) is 30.0 Å². The van der Waals surface area contributed by atoms with Gasteiger partial charge in [0.1, 0.15) is 0 Å². The van der Waals surface area contributed by atoms with Gasteiger partial charge in [-0.05, 0) is 25.0 Å². The average Bonchev–Trinajstić information content (AvgIpc) is 2.52. The van der Waals surface area contributed by atoms with Crippen LogP contribution in [0.3, 0.4) is 0 Å². The van der Waals surface area contributed by atoms with E-state index < -0.39 is 34.9 Å². The highest BCUT2D eigenvalue weighted by molar-refractivity contribution is 8.31. The molecule has 150 valence electrons. The maximum atomic E-state index is 13.0. The molecule has 1 saturated heterocycles. The predicted octanol–water partition coefficient (Wildman–Crippen LogP) is 3.21. The summed E-state index contributed by atoms with van der Waals surface area (Å²) in [5.41, 5.74) is -1.13. The monoisotopic (exact) mass is 457 g/mol. The van der Waals surface area contributed by atoms with Gasteiger partial charge in [-0.1, -0.05) is 12.1 Å². The Morgan fingerprint density at radius 2 is 1.54 bits per heavy atom. The number of hydrogen-bond acceptors (Lipinski definition) is 5. The third-order valence-corrected chi connectivity index (χ3v) is 5.50. The molecule has 0 aromatic heterocycles. The Morgan fingerprint density at radius 3 is 1.96 bits per heavy atom. The highest BCUT2D eigenvalue weighted by Crippen LogP contribution is 2.35. The molecule has 0 aliphatic carbocycles. The summed E-state index contributed by atoms with van der Waals surface area (Å²) in [5.74, 6) is 0. The summed E-state index contributed by atoms with van der Waals surface area (Å²) in [5, 5.41) is 0. The topological polar surface area (TPSA) is 80.8 Å². The molecule has 0 atom stereocenters. The molecular weight excluding hydrogens is 442 g/mol. The lowest BCUT2D eigenvalue weighted by molar-refractivity contribution is -0.139. The molecule has 26 heavy (non-hydrogen) atoms. The second-order valence-electron chi connectivity index (χ2n) is 5.21. The number of nitrogens with zero attached hydrogens (tertiary/aromatic N) is 1. The molecule has 1 heterocycles. The van der Waals surface area contributed by atoms with E-state index in [2.05, 4.69) is 21.4 Å². The number of ether oxygens (including phenoxy) is 1. The fraction of sp³-hybridized carbons (Fsp3) is 0.538. The number of rotatable bonds is 3. The molecule has 0 radical (unpaired) electrons. The first-order chi connectivity index (χ1) is 11.8. The molecule has 1 aliphatic heterocycles. The fourth-order valence-electron chi connectivity index (χ4n) is 2.37. The Hall–Kier alpha value is -0.590. The van der Waals surface area contributed by atoms with E-state index in [4.69, 9.17) is 13.2 Å². The lowest BCUT2D eigenvalue weighted by Crippen LogP contribution is -2.41. The van der Waals surface area contributed by atoms with Crippen molar-refractivity contribution in [2.24, 2.45) is 0 Å². The summed E-state index contributed by atoms with van der Waals surface area (Å²) < 4.78 is 88.3. The highest BCUT2D eigenvalue weighted by Gasteiger charge is 2.39. The van der Waals surface area contributed by atoms with E-state index >= 15 is 0 Å². The van der Waals surface area contributed by atoms with Gasteiger partial charge in [0, 0.05) is 41.6 Å². The maximum Gasteiger partial charge on any atom is 0.417 e. The smallest absolute Gasteiger partial charge is 0.381 e. The lowest BCUT2D eigenvalue weighted by atomic mass is 10.1. The van der Waals surface area contributed by atoms with Crippen LogP contribution in [0.25, 0.3) is 0 Å². The zero-order valence-electron chi connectivity index (χ0n) is 13.4. The summed E-state index contributed by atoms with van der Waals surface area (Å²) in [6.45, 7) is 0.320. The van der Waals surface area contributed by atoms with Crippen molar-refractivity contribution in [3.05, 3.63) is 29.8 Å². The lowest BCUT2D eigenvalue weighted by Gasteiger charge is -2.31. The molecule has 1 aromatic carbocycles. The Balaban J connectivity index is 0.000000597. The van der Waals surface area contributed by atoms with Crippen molar-refractivity contribution in [1.82, 2.24) is 4.31 Å². The molecule has 2 rings (SSSR count). The molecular formula is C13H16Cl2F3NO5S2. The van der Waals surface area contributed by atoms with Crippen LogP contribution in [0.15, 0.2) is 29.2 Å². The number of piperidine rings is 1. The molecule has 0 saturated carbocycles. The predicted molar refractivity (Wildman–Crippen MR) is 90.9 cm³/mol. The zero-order chi connectivity index (χ0) is 20.2. The number of hydrogen-bond donors (Lipinski definition) is 0. The molecule has 13 heteroatoms. The van der Waals surface area contributed by atoms with Crippen LogP contribution in [0, 0.1) is 0 Å². The van der Waals surface area contributed by atoms with Gasteiger partial charge in [0.15, 0.2) is 0 Å². The largest absolute Gasteiger partial charge is 0.417 e. The van der Waals surface area contributed by atoms with Gasteiger partial charge in [-0.25, -0.2) is 8.42 Å². The Labute approximate surface area is 158 Å². The summed E-state index contributed by atoms with van der Waals surface area (Å²) in [7, 11) is 2.20. The first kappa shape index (κ1) is 23.4. The van der Waals surface area contributed by atoms with E-state index in [1.165, 1.54) is 19.2 Å². The van der Waals surface area contributed by atoms with E-state index in [1.54, 1.807) is 0 Å². The van der Waals surface area contributed by atoms with Crippen LogP contribution in [-0.4, -0.2) is 47.4 Å². The van der Waals surface area contributed by atoms with E-state index in [0.29, 0.717) is 12.8 Å². The molecule has 1 aliphatic rings. The van der Waals surface area contributed by atoms with Crippen LogP contribution in [0.5, 0.6) is 0 Å². The van der Waals surface area contributed by atoms with Crippen LogP contribution in [0.2, 0.25) is 0 Å². The average molecular weight is 458 g/mol. The van der Waals surface area contributed by atoms with Crippen molar-refractivity contribution in [1.29, 1.82) is 0 Å². The number of benzene rings is 1. The van der Waals surface area contributed by atoms with Gasteiger partial charge in [0.05, 0.1) is 16.6 Å². The van der Waals surface area contributed by atoms with Gasteiger partial charge >= 0.3 is 14.4 Å². The van der Waals surface area contributed by atoms with E-state index in [-0.39, 0.29) is 19.2 Å². The summed E-state index contributed by atoms with van der Waals surface area (Å²) in [4.78, 5) is -0.687. The standard InChI is InChI=1S/C13H16F3NO3S.Cl2O2S/c1-20-10-6-8-17(9-7-10)21(18,19)12-5-3-2-4-11(12)13(14,15)16;1-5(2,3)4/h2-5,10H,6-9H2,1H3;. The van der Waals surface area contributed by atoms with Crippen LogP contribution in [-0.2, 0) is 29.2 Å². The van der Waals surface area contributed by atoms with Crippen molar-refractivity contribution >= 4 is 39.7 Å². The molecule has 1 aromatic rings. The van der Waals surface area contributed by atoms with Gasteiger partial charge in [0.25, 0.3) is 0 Å². The molecule has 0 spiro atoms. The zero-order valence-corrected chi connectivity index (χ0v) is 16.6. The first-order valence-corrected chi connectivity index (χ1v) is 11.7. The number of sulfonamides is 1. The molecule has 6 nitrogen and oxygen atoms in total. The van der Waals surface area contributed by atoms with E-state index in [9.17, 15) is 21.6 Å². The quantitative estimate of drug-likeness (QED) is 0.650. The van der Waals surface area contributed by atoms with Crippen molar-refractivity contribution in [2.75, 3.05) is 20.2 Å². The van der Waals surface area contributed by atoms with Crippen LogP contribution >= 0.6 is 21.4 Å². The third kappa shape index (κ3) is 7.20.